The van der Waals surface area contributed by atoms with Gasteiger partial charge < -0.3 is 9.47 Å². The molecular weight excluding hydrogens is 356 g/mol. The Labute approximate surface area is 98.8 Å². The third kappa shape index (κ3) is 4.56. The maximum Gasteiger partial charge on any atom is 0.146 e. The van der Waals surface area contributed by atoms with Crippen LogP contribution in [0.5, 0.6) is 0 Å². The van der Waals surface area contributed by atoms with E-state index in [1.807, 2.05) is 0 Å². The maximum absolute atomic E-state index is 5.31. The molecule has 0 fully saturated rings. The quantitative estimate of drug-likeness (QED) is 0.391. The van der Waals surface area contributed by atoms with E-state index in [2.05, 4.69) is 47.8 Å². The number of hydrogen-bond acceptors (Lipinski definition) is 2. The molecule has 0 heterocycles. The molecule has 0 rings (SSSR count). The van der Waals surface area contributed by atoms with Crippen LogP contribution in [0.4, 0.5) is 0 Å². The van der Waals surface area contributed by atoms with Crippen LogP contribution in [0.25, 0.3) is 0 Å². The Morgan fingerprint density at radius 3 is 1.92 bits per heavy atom. The van der Waals surface area contributed by atoms with E-state index >= 15 is 0 Å². The van der Waals surface area contributed by atoms with Crippen molar-refractivity contribution >= 4 is 47.8 Å². The Morgan fingerprint density at radius 1 is 1.08 bits per heavy atom. The Morgan fingerprint density at radius 2 is 1.58 bits per heavy atom. The molecule has 0 radical (unpaired) electrons. The zero-order valence-electron chi connectivity index (χ0n) is 6.99. The number of alkyl halides is 3. The summed E-state index contributed by atoms with van der Waals surface area (Å²) in [6.07, 6.45) is 0. The lowest BCUT2D eigenvalue weighted by molar-refractivity contribution is -0.0516. The highest BCUT2D eigenvalue weighted by Crippen LogP contribution is 2.26. The molecular formula is C7H13Br3O2. The van der Waals surface area contributed by atoms with Gasteiger partial charge in [-0.2, -0.15) is 0 Å². The highest BCUT2D eigenvalue weighted by molar-refractivity contribution is 9.10. The zero-order valence-corrected chi connectivity index (χ0v) is 11.7. The van der Waals surface area contributed by atoms with Gasteiger partial charge in [-0.05, 0) is 0 Å². The highest BCUT2D eigenvalue weighted by Gasteiger charge is 2.26. The summed E-state index contributed by atoms with van der Waals surface area (Å²) >= 11 is 10.4. The van der Waals surface area contributed by atoms with Crippen LogP contribution < -0.4 is 0 Å². The van der Waals surface area contributed by atoms with E-state index in [0.717, 1.165) is 16.0 Å². The second-order valence-electron chi connectivity index (χ2n) is 2.66. The third-order valence-electron chi connectivity index (χ3n) is 1.46. The number of halogens is 3. The standard InChI is InChI=1S/C7H13Br3O2/c1-11-6-12-5-7(2-8,3-9)4-10/h2-6H2,1H3. The van der Waals surface area contributed by atoms with Crippen LogP contribution in [-0.4, -0.2) is 36.5 Å². The minimum atomic E-state index is 0.124. The van der Waals surface area contributed by atoms with Gasteiger partial charge in [0.25, 0.3) is 0 Å². The number of rotatable bonds is 7. The fourth-order valence-electron chi connectivity index (χ4n) is 0.564. The molecule has 0 aromatic rings. The molecule has 0 spiro atoms. The normalized spacial score (nSPS) is 12.0. The Kier molecular flexibility index (Phi) is 8.61. The molecule has 74 valence electrons. The zero-order chi connectivity index (χ0) is 9.45. The summed E-state index contributed by atoms with van der Waals surface area (Å²) in [5.74, 6) is 0. The van der Waals surface area contributed by atoms with E-state index in [0.29, 0.717) is 13.4 Å². The number of ether oxygens (including phenoxy) is 2. The largest absolute Gasteiger partial charge is 0.359 e. The van der Waals surface area contributed by atoms with Crippen molar-refractivity contribution in [2.75, 3.05) is 36.5 Å². The molecule has 0 unspecified atom stereocenters. The SMILES string of the molecule is COCOCC(CBr)(CBr)CBr. The predicted molar refractivity (Wildman–Crippen MR) is 61.6 cm³/mol. The molecule has 12 heavy (non-hydrogen) atoms. The lowest BCUT2D eigenvalue weighted by Gasteiger charge is -2.26. The van der Waals surface area contributed by atoms with Gasteiger partial charge in [-0.1, -0.05) is 47.8 Å². The van der Waals surface area contributed by atoms with E-state index in [4.69, 9.17) is 9.47 Å². The first-order valence-corrected chi connectivity index (χ1v) is 6.85. The summed E-state index contributed by atoms with van der Waals surface area (Å²) < 4.78 is 10.1. The van der Waals surface area contributed by atoms with Crippen molar-refractivity contribution in [3.63, 3.8) is 0 Å². The fourth-order valence-corrected chi connectivity index (χ4v) is 3.84. The van der Waals surface area contributed by atoms with Gasteiger partial charge in [0.1, 0.15) is 6.79 Å². The van der Waals surface area contributed by atoms with E-state index in [1.54, 1.807) is 7.11 Å². The first kappa shape index (κ1) is 13.4. The second-order valence-corrected chi connectivity index (χ2v) is 4.34. The van der Waals surface area contributed by atoms with Gasteiger partial charge in [0, 0.05) is 28.5 Å². The van der Waals surface area contributed by atoms with Gasteiger partial charge in [0.2, 0.25) is 0 Å². The minimum Gasteiger partial charge on any atom is -0.359 e. The molecule has 0 aromatic carbocycles. The minimum absolute atomic E-state index is 0.124. The van der Waals surface area contributed by atoms with Crippen molar-refractivity contribution in [2.45, 2.75) is 0 Å². The first-order valence-electron chi connectivity index (χ1n) is 3.49. The lowest BCUT2D eigenvalue weighted by Crippen LogP contribution is -2.32. The molecule has 5 heteroatoms. The summed E-state index contributed by atoms with van der Waals surface area (Å²) in [4.78, 5) is 0. The van der Waals surface area contributed by atoms with Gasteiger partial charge in [-0.3, -0.25) is 0 Å². The molecule has 0 saturated carbocycles. The van der Waals surface area contributed by atoms with Gasteiger partial charge >= 0.3 is 0 Å². The van der Waals surface area contributed by atoms with Crippen LogP contribution in [0.2, 0.25) is 0 Å². The summed E-state index contributed by atoms with van der Waals surface area (Å²) in [5.41, 5.74) is 0.124. The van der Waals surface area contributed by atoms with Crippen LogP contribution in [0.15, 0.2) is 0 Å². The smallest absolute Gasteiger partial charge is 0.146 e. The average Bonchev–Trinajstić information content (AvgIpc) is 2.14. The highest BCUT2D eigenvalue weighted by atomic mass is 79.9. The van der Waals surface area contributed by atoms with Crippen LogP contribution in [0.1, 0.15) is 0 Å². The van der Waals surface area contributed by atoms with Crippen molar-refractivity contribution in [2.24, 2.45) is 5.41 Å². The lowest BCUT2D eigenvalue weighted by atomic mass is 9.98. The summed E-state index contributed by atoms with van der Waals surface area (Å²) in [6, 6.07) is 0. The molecule has 2 nitrogen and oxygen atoms in total. The predicted octanol–water partition coefficient (Wildman–Crippen LogP) is 2.78. The molecule has 0 bridgehead atoms. The fraction of sp³-hybridized carbons (Fsp3) is 1.00. The molecule has 0 aromatic heterocycles. The van der Waals surface area contributed by atoms with Crippen molar-refractivity contribution in [3.8, 4) is 0 Å². The molecule has 0 aliphatic rings. The van der Waals surface area contributed by atoms with Crippen LogP contribution in [-0.2, 0) is 9.47 Å². The molecule has 0 aliphatic heterocycles. The van der Waals surface area contributed by atoms with Crippen molar-refractivity contribution in [1.29, 1.82) is 0 Å². The molecule has 0 amide bonds. The summed E-state index contributed by atoms with van der Waals surface area (Å²) in [6.45, 7) is 1.04. The Balaban J connectivity index is 3.76. The number of methoxy groups -OCH3 is 1. The molecule has 0 N–H and O–H groups in total. The Bertz CT molecular complexity index is 98.6. The molecule has 0 saturated heterocycles. The summed E-state index contributed by atoms with van der Waals surface area (Å²) in [7, 11) is 1.62. The maximum atomic E-state index is 5.31. The van der Waals surface area contributed by atoms with Gasteiger partial charge in [-0.25, -0.2) is 0 Å². The van der Waals surface area contributed by atoms with Crippen LogP contribution in [0, 0.1) is 5.41 Å². The second kappa shape index (κ2) is 7.74. The van der Waals surface area contributed by atoms with Gasteiger partial charge in [-0.15, -0.1) is 0 Å². The first-order chi connectivity index (χ1) is 5.74. The molecule has 0 atom stereocenters. The van der Waals surface area contributed by atoms with E-state index in [1.165, 1.54) is 0 Å². The topological polar surface area (TPSA) is 18.5 Å². The van der Waals surface area contributed by atoms with Crippen LogP contribution in [0.3, 0.4) is 0 Å². The third-order valence-corrected chi connectivity index (χ3v) is 5.03. The average molecular weight is 369 g/mol. The number of hydrogen-bond donors (Lipinski definition) is 0. The van der Waals surface area contributed by atoms with Crippen molar-refractivity contribution in [1.82, 2.24) is 0 Å². The monoisotopic (exact) mass is 366 g/mol. The van der Waals surface area contributed by atoms with Gasteiger partial charge in [0.05, 0.1) is 6.61 Å². The van der Waals surface area contributed by atoms with E-state index in [-0.39, 0.29) is 5.41 Å². The van der Waals surface area contributed by atoms with Crippen LogP contribution >= 0.6 is 47.8 Å². The van der Waals surface area contributed by atoms with Crippen molar-refractivity contribution in [3.05, 3.63) is 0 Å². The van der Waals surface area contributed by atoms with Crippen molar-refractivity contribution < 1.29 is 9.47 Å². The van der Waals surface area contributed by atoms with Gasteiger partial charge in [0.15, 0.2) is 0 Å². The van der Waals surface area contributed by atoms with E-state index < -0.39 is 0 Å². The van der Waals surface area contributed by atoms with E-state index in [9.17, 15) is 0 Å². The summed E-state index contributed by atoms with van der Waals surface area (Å²) in [5, 5.41) is 2.71. The molecule has 0 aliphatic carbocycles. The Hall–Kier alpha value is 1.36.